The van der Waals surface area contributed by atoms with Crippen molar-refractivity contribution in [2.45, 2.75) is 19.4 Å². The monoisotopic (exact) mass is 281 g/mol. The first-order valence-corrected chi connectivity index (χ1v) is 6.30. The molecular weight excluding hydrogens is 268 g/mol. The third kappa shape index (κ3) is 3.31. The van der Waals surface area contributed by atoms with Crippen molar-refractivity contribution in [2.24, 2.45) is 5.73 Å². The Bertz CT molecular complexity index is 599. The fourth-order valence-electron chi connectivity index (χ4n) is 2.04. The molecule has 2 aromatic rings. The van der Waals surface area contributed by atoms with Gasteiger partial charge in [-0.05, 0) is 48.2 Å². The Morgan fingerprint density at radius 2 is 1.89 bits per heavy atom. The topological polar surface area (TPSA) is 26.0 Å². The number of hydrogen-bond acceptors (Lipinski definition) is 1. The van der Waals surface area contributed by atoms with Crippen molar-refractivity contribution in [3.8, 4) is 0 Å². The van der Waals surface area contributed by atoms with Gasteiger partial charge in [0.1, 0.15) is 11.6 Å². The van der Waals surface area contributed by atoms with Crippen LogP contribution in [0.25, 0.3) is 0 Å². The van der Waals surface area contributed by atoms with Gasteiger partial charge in [0.2, 0.25) is 0 Å². The number of halogens is 3. The van der Waals surface area contributed by atoms with Gasteiger partial charge >= 0.3 is 0 Å². The lowest BCUT2D eigenvalue weighted by Crippen LogP contribution is -2.15. The van der Waals surface area contributed by atoms with E-state index < -0.39 is 11.6 Å². The maximum Gasteiger partial charge on any atom is 0.129 e. The summed E-state index contributed by atoms with van der Waals surface area (Å²) in [6, 6.07) is 8.58. The highest BCUT2D eigenvalue weighted by Crippen LogP contribution is 2.24. The second-order valence-electron chi connectivity index (χ2n) is 4.55. The number of nitrogens with two attached hydrogens (primary N) is 1. The minimum Gasteiger partial charge on any atom is -0.324 e. The summed E-state index contributed by atoms with van der Waals surface area (Å²) >= 11 is 5.94. The molecule has 4 heteroatoms. The van der Waals surface area contributed by atoms with Crippen LogP contribution in [0.4, 0.5) is 8.78 Å². The molecule has 0 aliphatic rings. The molecule has 1 nitrogen and oxygen atoms in total. The molecule has 2 rings (SSSR count). The van der Waals surface area contributed by atoms with E-state index in [1.165, 1.54) is 12.1 Å². The zero-order valence-corrected chi connectivity index (χ0v) is 11.2. The summed E-state index contributed by atoms with van der Waals surface area (Å²) in [5.41, 5.74) is 8.35. The van der Waals surface area contributed by atoms with Gasteiger partial charge in [-0.2, -0.15) is 0 Å². The SMILES string of the molecule is Cc1ccc(Cl)cc1C(N)Cc1ccc(F)cc1F. The predicted octanol–water partition coefficient (Wildman–Crippen LogP) is 4.17. The summed E-state index contributed by atoms with van der Waals surface area (Å²) in [7, 11) is 0. The minimum absolute atomic E-state index is 0.299. The molecule has 0 amide bonds. The van der Waals surface area contributed by atoms with Gasteiger partial charge in [0.15, 0.2) is 0 Å². The van der Waals surface area contributed by atoms with Gasteiger partial charge in [-0.25, -0.2) is 8.78 Å². The lowest BCUT2D eigenvalue weighted by atomic mass is 9.96. The molecule has 0 spiro atoms. The highest BCUT2D eigenvalue weighted by atomic mass is 35.5. The molecule has 2 N–H and O–H groups in total. The van der Waals surface area contributed by atoms with Crippen LogP contribution in [-0.4, -0.2) is 0 Å². The Morgan fingerprint density at radius 3 is 2.58 bits per heavy atom. The average Bonchev–Trinajstić information content (AvgIpc) is 2.35. The van der Waals surface area contributed by atoms with Crippen LogP contribution in [0.2, 0.25) is 5.02 Å². The van der Waals surface area contributed by atoms with Crippen molar-refractivity contribution < 1.29 is 8.78 Å². The number of benzene rings is 2. The van der Waals surface area contributed by atoms with Gasteiger partial charge in [0, 0.05) is 17.1 Å². The maximum absolute atomic E-state index is 13.6. The molecule has 1 unspecified atom stereocenters. The zero-order valence-electron chi connectivity index (χ0n) is 10.5. The van der Waals surface area contributed by atoms with E-state index in [4.69, 9.17) is 17.3 Å². The molecule has 0 saturated heterocycles. The van der Waals surface area contributed by atoms with Crippen LogP contribution in [0.5, 0.6) is 0 Å². The highest BCUT2D eigenvalue weighted by Gasteiger charge is 2.13. The molecule has 0 aromatic heterocycles. The molecule has 2 aromatic carbocycles. The predicted molar refractivity (Wildman–Crippen MR) is 73.2 cm³/mol. The Morgan fingerprint density at radius 1 is 1.16 bits per heavy atom. The molecule has 0 bridgehead atoms. The Hall–Kier alpha value is -1.45. The van der Waals surface area contributed by atoms with E-state index in [1.807, 2.05) is 13.0 Å². The first kappa shape index (κ1) is 14.0. The van der Waals surface area contributed by atoms with Gasteiger partial charge in [-0.1, -0.05) is 23.7 Å². The van der Waals surface area contributed by atoms with Crippen molar-refractivity contribution in [1.29, 1.82) is 0 Å². The molecular formula is C15H14ClF2N. The van der Waals surface area contributed by atoms with E-state index in [1.54, 1.807) is 12.1 Å². The van der Waals surface area contributed by atoms with Crippen LogP contribution < -0.4 is 5.73 Å². The van der Waals surface area contributed by atoms with Crippen LogP contribution in [0.1, 0.15) is 22.7 Å². The standard InChI is InChI=1S/C15H14ClF2N/c1-9-2-4-11(16)7-13(9)15(19)6-10-3-5-12(17)8-14(10)18/h2-5,7-8,15H,6,19H2,1H3. The number of rotatable bonds is 3. The van der Waals surface area contributed by atoms with E-state index in [0.717, 1.165) is 17.2 Å². The average molecular weight is 282 g/mol. The smallest absolute Gasteiger partial charge is 0.129 e. The largest absolute Gasteiger partial charge is 0.324 e. The van der Waals surface area contributed by atoms with E-state index in [9.17, 15) is 8.78 Å². The quantitative estimate of drug-likeness (QED) is 0.898. The summed E-state index contributed by atoms with van der Waals surface area (Å²) in [6.45, 7) is 1.92. The van der Waals surface area contributed by atoms with Crippen molar-refractivity contribution in [3.05, 3.63) is 69.7 Å². The third-order valence-corrected chi connectivity index (χ3v) is 3.33. The second kappa shape index (κ2) is 5.68. The molecule has 0 saturated carbocycles. The summed E-state index contributed by atoms with van der Waals surface area (Å²) < 4.78 is 26.4. The molecule has 0 fully saturated rings. The van der Waals surface area contributed by atoms with Gasteiger partial charge in [0.25, 0.3) is 0 Å². The fourth-order valence-corrected chi connectivity index (χ4v) is 2.23. The molecule has 1 atom stereocenters. The minimum atomic E-state index is -0.589. The van der Waals surface area contributed by atoms with Crippen molar-refractivity contribution in [2.75, 3.05) is 0 Å². The summed E-state index contributed by atoms with van der Waals surface area (Å²) in [4.78, 5) is 0. The van der Waals surface area contributed by atoms with Gasteiger partial charge < -0.3 is 5.73 Å². The Labute approximate surface area is 116 Å². The van der Waals surface area contributed by atoms with E-state index >= 15 is 0 Å². The van der Waals surface area contributed by atoms with Crippen LogP contribution in [-0.2, 0) is 6.42 Å². The van der Waals surface area contributed by atoms with Crippen molar-refractivity contribution >= 4 is 11.6 Å². The Kier molecular flexibility index (Phi) is 4.17. The van der Waals surface area contributed by atoms with Gasteiger partial charge in [-0.15, -0.1) is 0 Å². The molecule has 0 heterocycles. The van der Waals surface area contributed by atoms with Crippen LogP contribution in [0, 0.1) is 18.6 Å². The molecule has 0 radical (unpaired) electrons. The zero-order chi connectivity index (χ0) is 14.0. The van der Waals surface area contributed by atoms with E-state index in [2.05, 4.69) is 0 Å². The first-order valence-electron chi connectivity index (χ1n) is 5.93. The van der Waals surface area contributed by atoms with Gasteiger partial charge in [0.05, 0.1) is 0 Å². The van der Waals surface area contributed by atoms with E-state index in [-0.39, 0.29) is 6.04 Å². The summed E-state index contributed by atoms with van der Waals surface area (Å²) in [6.07, 6.45) is 0.299. The molecule has 100 valence electrons. The molecule has 0 aliphatic heterocycles. The number of hydrogen-bond donors (Lipinski definition) is 1. The summed E-state index contributed by atoms with van der Waals surface area (Å²) in [5, 5.41) is 0.593. The fraction of sp³-hybridized carbons (Fsp3) is 0.200. The van der Waals surface area contributed by atoms with Crippen LogP contribution in [0.15, 0.2) is 36.4 Å². The first-order chi connectivity index (χ1) is 8.97. The van der Waals surface area contributed by atoms with Crippen LogP contribution >= 0.6 is 11.6 Å². The third-order valence-electron chi connectivity index (χ3n) is 3.10. The van der Waals surface area contributed by atoms with Gasteiger partial charge in [-0.3, -0.25) is 0 Å². The number of aryl methyl sites for hydroxylation is 1. The normalized spacial score (nSPS) is 12.5. The molecule has 0 aliphatic carbocycles. The Balaban J connectivity index is 2.25. The van der Waals surface area contributed by atoms with Crippen LogP contribution in [0.3, 0.4) is 0 Å². The van der Waals surface area contributed by atoms with Crippen molar-refractivity contribution in [1.82, 2.24) is 0 Å². The van der Waals surface area contributed by atoms with E-state index in [0.29, 0.717) is 17.0 Å². The second-order valence-corrected chi connectivity index (χ2v) is 4.98. The lowest BCUT2D eigenvalue weighted by molar-refractivity contribution is 0.563. The highest BCUT2D eigenvalue weighted by molar-refractivity contribution is 6.30. The molecule has 19 heavy (non-hydrogen) atoms. The van der Waals surface area contributed by atoms with Crippen molar-refractivity contribution in [3.63, 3.8) is 0 Å². The maximum atomic E-state index is 13.6. The lowest BCUT2D eigenvalue weighted by Gasteiger charge is -2.15. The summed E-state index contributed by atoms with van der Waals surface area (Å²) in [5.74, 6) is -1.16.